The van der Waals surface area contributed by atoms with Gasteiger partial charge in [0.15, 0.2) is 5.82 Å². The molecular weight excluding hydrogens is 328 g/mol. The molecule has 0 bridgehead atoms. The summed E-state index contributed by atoms with van der Waals surface area (Å²) in [5.41, 5.74) is 2.93. The number of rotatable bonds is 4. The summed E-state index contributed by atoms with van der Waals surface area (Å²) < 4.78 is 1.82. The zero-order valence-electron chi connectivity index (χ0n) is 14.5. The lowest BCUT2D eigenvalue weighted by molar-refractivity contribution is -0.129. The Morgan fingerprint density at radius 3 is 2.92 bits per heavy atom. The molecule has 7 heteroatoms. The van der Waals surface area contributed by atoms with Crippen molar-refractivity contribution in [1.82, 2.24) is 24.5 Å². The van der Waals surface area contributed by atoms with Gasteiger partial charge < -0.3 is 10.2 Å². The highest BCUT2D eigenvalue weighted by molar-refractivity contribution is 5.82. The van der Waals surface area contributed by atoms with Gasteiger partial charge in [-0.05, 0) is 37.5 Å². The first kappa shape index (κ1) is 15.3. The summed E-state index contributed by atoms with van der Waals surface area (Å²) in [4.78, 5) is 23.6. The third-order valence-electron chi connectivity index (χ3n) is 5.16. The molecule has 7 nitrogen and oxygen atoms in total. The molecule has 5 rings (SSSR count). The number of nitrogens with one attached hydrogen (secondary N) is 1. The molecule has 132 valence electrons. The average molecular weight is 348 g/mol. The lowest BCUT2D eigenvalue weighted by Crippen LogP contribution is -2.34. The van der Waals surface area contributed by atoms with Crippen LogP contribution in [0.25, 0.3) is 5.52 Å². The highest BCUT2D eigenvalue weighted by Crippen LogP contribution is 2.42. The van der Waals surface area contributed by atoms with Crippen molar-refractivity contribution in [3.05, 3.63) is 54.2 Å². The van der Waals surface area contributed by atoms with Crippen LogP contribution in [-0.2, 0) is 4.79 Å². The van der Waals surface area contributed by atoms with Crippen LogP contribution < -0.4 is 5.32 Å². The van der Waals surface area contributed by atoms with E-state index in [2.05, 4.69) is 31.3 Å². The van der Waals surface area contributed by atoms with E-state index in [1.54, 1.807) is 12.4 Å². The number of carbonyl (C=O) groups excluding carboxylic acids is 1. The summed E-state index contributed by atoms with van der Waals surface area (Å²) in [6, 6.07) is 6.29. The van der Waals surface area contributed by atoms with Crippen LogP contribution in [0, 0.1) is 6.92 Å². The molecule has 0 radical (unpaired) electrons. The van der Waals surface area contributed by atoms with E-state index < -0.39 is 0 Å². The van der Waals surface area contributed by atoms with Crippen LogP contribution in [-0.4, -0.2) is 42.5 Å². The van der Waals surface area contributed by atoms with Gasteiger partial charge in [-0.1, -0.05) is 6.07 Å². The number of anilines is 1. The number of aryl methyl sites for hydroxylation is 1. The van der Waals surface area contributed by atoms with Crippen molar-refractivity contribution in [3.8, 4) is 0 Å². The fraction of sp³-hybridized carbons (Fsp3) is 0.368. The molecule has 0 unspecified atom stereocenters. The Kier molecular flexibility index (Phi) is 3.41. The summed E-state index contributed by atoms with van der Waals surface area (Å²) >= 11 is 0. The largest absolute Gasteiger partial charge is 0.363 e. The zero-order valence-corrected chi connectivity index (χ0v) is 14.5. The molecule has 0 aromatic carbocycles. The maximum absolute atomic E-state index is 12.7. The van der Waals surface area contributed by atoms with E-state index in [1.807, 2.05) is 36.0 Å². The van der Waals surface area contributed by atoms with E-state index >= 15 is 0 Å². The maximum Gasteiger partial charge on any atom is 0.225 e. The normalized spacial score (nSPS) is 23.0. The number of amides is 1. The topological polar surface area (TPSA) is 75.4 Å². The van der Waals surface area contributed by atoms with Gasteiger partial charge in [0.25, 0.3) is 0 Å². The van der Waals surface area contributed by atoms with Gasteiger partial charge in [0, 0.05) is 37.3 Å². The molecule has 1 amide bonds. The van der Waals surface area contributed by atoms with E-state index in [1.165, 1.54) is 0 Å². The van der Waals surface area contributed by atoms with E-state index in [-0.39, 0.29) is 18.0 Å². The highest BCUT2D eigenvalue weighted by atomic mass is 16.2. The summed E-state index contributed by atoms with van der Waals surface area (Å²) in [6.07, 6.45) is 9.84. The minimum Gasteiger partial charge on any atom is -0.363 e. The second-order valence-corrected chi connectivity index (χ2v) is 7.11. The standard InChI is InChI=1S/C19H20N6O/c1-12-9-16-19(21-7-8-24(16)23-12)22-15-10-17(26)25(14-4-5-14)18(15)13-3-2-6-20-11-13/h2-3,6-9,11,14-15,18H,4-5,10H2,1H3,(H,21,22)/t15-,18+/m1/s1. The first-order valence-electron chi connectivity index (χ1n) is 8.99. The summed E-state index contributed by atoms with van der Waals surface area (Å²) in [5.74, 6) is 0.966. The Morgan fingerprint density at radius 2 is 2.15 bits per heavy atom. The molecule has 1 N–H and O–H groups in total. The monoisotopic (exact) mass is 348 g/mol. The number of likely N-dealkylation sites (tertiary alicyclic amines) is 1. The molecule has 1 saturated heterocycles. The van der Waals surface area contributed by atoms with Crippen LogP contribution in [0.4, 0.5) is 5.82 Å². The summed E-state index contributed by atoms with van der Waals surface area (Å²) in [6.45, 7) is 1.96. The molecule has 2 fully saturated rings. The van der Waals surface area contributed by atoms with Gasteiger partial charge in [-0.3, -0.25) is 9.78 Å². The predicted octanol–water partition coefficient (Wildman–Crippen LogP) is 2.35. The van der Waals surface area contributed by atoms with Crippen LogP contribution in [0.2, 0.25) is 0 Å². The molecule has 1 aliphatic heterocycles. The highest BCUT2D eigenvalue weighted by Gasteiger charge is 2.47. The number of nitrogens with zero attached hydrogens (tertiary/aromatic N) is 5. The van der Waals surface area contributed by atoms with E-state index in [0.717, 1.165) is 35.4 Å². The van der Waals surface area contributed by atoms with Crippen molar-refractivity contribution in [2.45, 2.75) is 44.3 Å². The minimum atomic E-state index is -0.0405. The first-order valence-corrected chi connectivity index (χ1v) is 8.99. The molecule has 2 atom stereocenters. The van der Waals surface area contributed by atoms with Crippen molar-refractivity contribution in [3.63, 3.8) is 0 Å². The van der Waals surface area contributed by atoms with E-state index in [0.29, 0.717) is 12.5 Å². The van der Waals surface area contributed by atoms with Crippen LogP contribution in [0.5, 0.6) is 0 Å². The van der Waals surface area contributed by atoms with Crippen molar-refractivity contribution < 1.29 is 4.79 Å². The quantitative estimate of drug-likeness (QED) is 0.783. The van der Waals surface area contributed by atoms with Gasteiger partial charge in [0.1, 0.15) is 5.52 Å². The molecule has 3 aromatic rings. The molecule has 2 aliphatic rings. The van der Waals surface area contributed by atoms with Gasteiger partial charge in [0.05, 0.1) is 17.8 Å². The van der Waals surface area contributed by atoms with Crippen LogP contribution in [0.15, 0.2) is 43.0 Å². The zero-order chi connectivity index (χ0) is 17.7. The van der Waals surface area contributed by atoms with Crippen molar-refractivity contribution >= 4 is 17.2 Å². The fourth-order valence-corrected chi connectivity index (χ4v) is 3.94. The number of hydrogen-bond acceptors (Lipinski definition) is 5. The predicted molar refractivity (Wildman–Crippen MR) is 96.6 cm³/mol. The molecular formula is C19H20N6O. The van der Waals surface area contributed by atoms with Gasteiger partial charge in [-0.2, -0.15) is 5.10 Å². The van der Waals surface area contributed by atoms with Crippen molar-refractivity contribution in [2.24, 2.45) is 0 Å². The van der Waals surface area contributed by atoms with E-state index in [9.17, 15) is 4.79 Å². The van der Waals surface area contributed by atoms with Crippen LogP contribution in [0.1, 0.15) is 36.6 Å². The number of pyridine rings is 1. The van der Waals surface area contributed by atoms with E-state index in [4.69, 9.17) is 0 Å². The molecule has 1 aliphatic carbocycles. The first-order chi connectivity index (χ1) is 12.7. The third kappa shape index (κ3) is 2.51. The van der Waals surface area contributed by atoms with Crippen LogP contribution >= 0.6 is 0 Å². The number of hydrogen-bond donors (Lipinski definition) is 1. The fourth-order valence-electron chi connectivity index (χ4n) is 3.94. The smallest absolute Gasteiger partial charge is 0.225 e. The Balaban J connectivity index is 1.53. The van der Waals surface area contributed by atoms with Gasteiger partial charge in [-0.15, -0.1) is 0 Å². The Labute approximate surface area is 151 Å². The van der Waals surface area contributed by atoms with Gasteiger partial charge in [0.2, 0.25) is 5.91 Å². The molecule has 26 heavy (non-hydrogen) atoms. The Hall–Kier alpha value is -2.96. The Morgan fingerprint density at radius 1 is 1.27 bits per heavy atom. The molecule has 0 spiro atoms. The summed E-state index contributed by atoms with van der Waals surface area (Å²) in [7, 11) is 0. The van der Waals surface area contributed by atoms with Gasteiger partial charge in [-0.25, -0.2) is 9.50 Å². The maximum atomic E-state index is 12.7. The lowest BCUT2D eigenvalue weighted by Gasteiger charge is -2.29. The Bertz CT molecular complexity index is 965. The second-order valence-electron chi connectivity index (χ2n) is 7.11. The minimum absolute atomic E-state index is 0.0187. The molecule has 3 aromatic heterocycles. The van der Waals surface area contributed by atoms with Crippen molar-refractivity contribution in [1.29, 1.82) is 0 Å². The molecule has 1 saturated carbocycles. The third-order valence-corrected chi connectivity index (χ3v) is 5.16. The van der Waals surface area contributed by atoms with Crippen LogP contribution in [0.3, 0.4) is 0 Å². The van der Waals surface area contributed by atoms with Gasteiger partial charge >= 0.3 is 0 Å². The van der Waals surface area contributed by atoms with Crippen molar-refractivity contribution in [2.75, 3.05) is 5.32 Å². The average Bonchev–Trinajstić information content (AvgIpc) is 3.32. The lowest BCUT2D eigenvalue weighted by atomic mass is 10.0. The number of carbonyl (C=O) groups is 1. The molecule has 4 heterocycles. The SMILES string of the molecule is Cc1cc2c(N[C@@H]3CC(=O)N(C4CC4)[C@H]3c3cccnc3)nccn2n1. The summed E-state index contributed by atoms with van der Waals surface area (Å²) in [5, 5.41) is 7.97. The number of fused-ring (bicyclic) bond motifs is 1. The number of aromatic nitrogens is 4. The second kappa shape index (κ2) is 5.79.